The Hall–Kier alpha value is -0.770. The fourth-order valence-corrected chi connectivity index (χ4v) is 2.99. The van der Waals surface area contributed by atoms with Crippen LogP contribution in [0.25, 0.3) is 0 Å². The average molecular weight is 241 g/mol. The molecule has 1 aliphatic heterocycles. The lowest BCUT2D eigenvalue weighted by molar-refractivity contribution is 0.00481. The van der Waals surface area contributed by atoms with Crippen LogP contribution in [0, 0.1) is 5.92 Å². The first-order chi connectivity index (χ1) is 7.88. The Kier molecular flexibility index (Phi) is 3.34. The van der Waals surface area contributed by atoms with Gasteiger partial charge in [0.15, 0.2) is 0 Å². The summed E-state index contributed by atoms with van der Waals surface area (Å²) in [7, 11) is 0. The zero-order valence-corrected chi connectivity index (χ0v) is 11.0. The number of fused-ring (bicyclic) bond motifs is 1. The van der Waals surface area contributed by atoms with E-state index in [1.807, 2.05) is 25.7 Å². The predicted molar refractivity (Wildman–Crippen MR) is 64.7 cm³/mol. The molecule has 0 unspecified atom stereocenters. The van der Waals surface area contributed by atoms with Gasteiger partial charge in [-0.3, -0.25) is 0 Å². The van der Waals surface area contributed by atoms with Crippen LogP contribution in [0.15, 0.2) is 0 Å². The number of rotatable bonds is 0. The molecule has 1 heterocycles. The summed E-state index contributed by atoms with van der Waals surface area (Å²) < 4.78 is 5.41. The van der Waals surface area contributed by atoms with Gasteiger partial charge in [-0.2, -0.15) is 0 Å². The highest BCUT2D eigenvalue weighted by atomic mass is 16.6. The van der Waals surface area contributed by atoms with Gasteiger partial charge in [-0.15, -0.1) is 0 Å². The molecule has 0 aromatic heterocycles. The SMILES string of the molecule is CC(C)(C)OC(=O)N1CC[C@@H]2[C@H](O)CCC[C@@H]21. The molecule has 1 amide bonds. The summed E-state index contributed by atoms with van der Waals surface area (Å²) in [5.41, 5.74) is -0.442. The van der Waals surface area contributed by atoms with Crippen molar-refractivity contribution in [1.82, 2.24) is 4.90 Å². The highest BCUT2D eigenvalue weighted by molar-refractivity contribution is 5.69. The van der Waals surface area contributed by atoms with Gasteiger partial charge in [0.25, 0.3) is 0 Å². The van der Waals surface area contributed by atoms with E-state index >= 15 is 0 Å². The second-order valence-electron chi connectivity index (χ2n) is 6.19. The van der Waals surface area contributed by atoms with Crippen molar-refractivity contribution in [2.75, 3.05) is 6.54 Å². The Morgan fingerprint density at radius 1 is 1.29 bits per heavy atom. The highest BCUT2D eigenvalue weighted by Gasteiger charge is 2.43. The molecular weight excluding hydrogens is 218 g/mol. The quantitative estimate of drug-likeness (QED) is 0.707. The van der Waals surface area contributed by atoms with Crippen LogP contribution in [0.5, 0.6) is 0 Å². The maximum Gasteiger partial charge on any atom is 0.410 e. The van der Waals surface area contributed by atoms with Crippen LogP contribution in [-0.2, 0) is 4.74 Å². The lowest BCUT2D eigenvalue weighted by atomic mass is 9.83. The molecule has 98 valence electrons. The van der Waals surface area contributed by atoms with Crippen molar-refractivity contribution in [2.45, 2.75) is 64.2 Å². The summed E-state index contributed by atoms with van der Waals surface area (Å²) in [6.45, 7) is 6.37. The van der Waals surface area contributed by atoms with Gasteiger partial charge < -0.3 is 14.7 Å². The Balaban J connectivity index is 2.01. The van der Waals surface area contributed by atoms with E-state index in [0.717, 1.165) is 32.2 Å². The van der Waals surface area contributed by atoms with E-state index in [0.29, 0.717) is 0 Å². The van der Waals surface area contributed by atoms with Crippen molar-refractivity contribution in [3.63, 3.8) is 0 Å². The fraction of sp³-hybridized carbons (Fsp3) is 0.923. The largest absolute Gasteiger partial charge is 0.444 e. The fourth-order valence-electron chi connectivity index (χ4n) is 2.99. The molecule has 1 N–H and O–H groups in total. The summed E-state index contributed by atoms with van der Waals surface area (Å²) in [5.74, 6) is 0.260. The van der Waals surface area contributed by atoms with Crippen molar-refractivity contribution in [3.8, 4) is 0 Å². The van der Waals surface area contributed by atoms with Crippen molar-refractivity contribution in [1.29, 1.82) is 0 Å². The standard InChI is InChI=1S/C13H23NO3/c1-13(2,3)17-12(16)14-8-7-9-10(14)5-4-6-11(9)15/h9-11,15H,4-8H2,1-3H3/t9-,10-,11+/m0/s1. The van der Waals surface area contributed by atoms with Gasteiger partial charge in [0, 0.05) is 18.5 Å². The topological polar surface area (TPSA) is 49.8 Å². The zero-order chi connectivity index (χ0) is 12.6. The van der Waals surface area contributed by atoms with Gasteiger partial charge in [-0.25, -0.2) is 4.79 Å². The first kappa shape index (κ1) is 12.7. The summed E-state index contributed by atoms with van der Waals surface area (Å²) in [6, 6.07) is 0.189. The summed E-state index contributed by atoms with van der Waals surface area (Å²) in [5, 5.41) is 9.93. The van der Waals surface area contributed by atoms with Crippen LogP contribution in [0.1, 0.15) is 46.5 Å². The number of likely N-dealkylation sites (tertiary alicyclic amines) is 1. The first-order valence-corrected chi connectivity index (χ1v) is 6.56. The van der Waals surface area contributed by atoms with Crippen LogP contribution in [0.4, 0.5) is 4.79 Å². The maximum absolute atomic E-state index is 12.0. The molecule has 3 atom stereocenters. The summed E-state index contributed by atoms with van der Waals surface area (Å²) >= 11 is 0. The normalized spacial score (nSPS) is 33.4. The highest BCUT2D eigenvalue weighted by Crippen LogP contribution is 2.37. The van der Waals surface area contributed by atoms with E-state index in [4.69, 9.17) is 4.74 Å². The molecule has 2 fully saturated rings. The molecule has 1 saturated carbocycles. The van der Waals surface area contributed by atoms with Gasteiger partial charge in [-0.05, 0) is 46.5 Å². The molecule has 17 heavy (non-hydrogen) atoms. The van der Waals surface area contributed by atoms with Crippen LogP contribution in [0.3, 0.4) is 0 Å². The molecule has 1 aliphatic carbocycles. The van der Waals surface area contributed by atoms with E-state index in [1.54, 1.807) is 0 Å². The minimum absolute atomic E-state index is 0.189. The maximum atomic E-state index is 12.0. The minimum Gasteiger partial charge on any atom is -0.444 e. The Labute approximate surface area is 103 Å². The smallest absolute Gasteiger partial charge is 0.410 e. The Bertz CT molecular complexity index is 298. The predicted octanol–water partition coefficient (Wildman–Crippen LogP) is 2.16. The lowest BCUT2D eigenvalue weighted by Gasteiger charge is -2.35. The van der Waals surface area contributed by atoms with Crippen LogP contribution < -0.4 is 0 Å². The number of carbonyl (C=O) groups excluding carboxylic acids is 1. The number of ether oxygens (including phenoxy) is 1. The van der Waals surface area contributed by atoms with Gasteiger partial charge in [-0.1, -0.05) is 0 Å². The molecule has 1 saturated heterocycles. The average Bonchev–Trinajstić information content (AvgIpc) is 2.60. The second-order valence-corrected chi connectivity index (χ2v) is 6.19. The third kappa shape index (κ3) is 2.73. The van der Waals surface area contributed by atoms with E-state index < -0.39 is 5.60 Å². The number of hydrogen-bond donors (Lipinski definition) is 1. The van der Waals surface area contributed by atoms with Crippen LogP contribution in [0.2, 0.25) is 0 Å². The summed E-state index contributed by atoms with van der Waals surface area (Å²) in [6.07, 6.45) is 3.33. The van der Waals surface area contributed by atoms with Gasteiger partial charge in [0.2, 0.25) is 0 Å². The third-order valence-corrected chi connectivity index (χ3v) is 3.72. The number of hydrogen-bond acceptors (Lipinski definition) is 3. The molecular formula is C13H23NO3. The van der Waals surface area contributed by atoms with Crippen molar-refractivity contribution < 1.29 is 14.6 Å². The van der Waals surface area contributed by atoms with Crippen molar-refractivity contribution >= 4 is 6.09 Å². The van der Waals surface area contributed by atoms with E-state index in [9.17, 15) is 9.90 Å². The number of nitrogens with zero attached hydrogens (tertiary/aromatic N) is 1. The van der Waals surface area contributed by atoms with Gasteiger partial charge >= 0.3 is 6.09 Å². The van der Waals surface area contributed by atoms with Gasteiger partial charge in [0.1, 0.15) is 5.60 Å². The van der Waals surface area contributed by atoms with E-state index in [-0.39, 0.29) is 24.2 Å². The molecule has 0 aromatic rings. The van der Waals surface area contributed by atoms with Crippen LogP contribution in [-0.4, -0.2) is 40.4 Å². The molecule has 0 radical (unpaired) electrons. The number of amides is 1. The third-order valence-electron chi connectivity index (χ3n) is 3.72. The first-order valence-electron chi connectivity index (χ1n) is 6.56. The lowest BCUT2D eigenvalue weighted by Crippen LogP contribution is -2.45. The zero-order valence-electron chi connectivity index (χ0n) is 11.0. The number of aliphatic hydroxyl groups is 1. The van der Waals surface area contributed by atoms with E-state index in [2.05, 4.69) is 0 Å². The molecule has 2 rings (SSSR count). The van der Waals surface area contributed by atoms with E-state index in [1.165, 1.54) is 0 Å². The summed E-state index contributed by atoms with van der Waals surface area (Å²) in [4.78, 5) is 13.9. The molecule has 0 aromatic carbocycles. The van der Waals surface area contributed by atoms with Crippen molar-refractivity contribution in [3.05, 3.63) is 0 Å². The van der Waals surface area contributed by atoms with Gasteiger partial charge in [0.05, 0.1) is 6.10 Å². The Morgan fingerprint density at radius 2 is 2.00 bits per heavy atom. The minimum atomic E-state index is -0.442. The molecule has 2 aliphatic rings. The molecule has 4 nitrogen and oxygen atoms in total. The monoisotopic (exact) mass is 241 g/mol. The number of aliphatic hydroxyl groups excluding tert-OH is 1. The van der Waals surface area contributed by atoms with Crippen molar-refractivity contribution in [2.24, 2.45) is 5.92 Å². The molecule has 4 heteroatoms. The Morgan fingerprint density at radius 3 is 2.65 bits per heavy atom. The molecule has 0 spiro atoms. The number of carbonyl (C=O) groups is 1. The van der Waals surface area contributed by atoms with Crippen LogP contribution >= 0.6 is 0 Å². The molecule has 0 bridgehead atoms. The second kappa shape index (κ2) is 4.48.